The number of carbonyl (C=O) groups excluding carboxylic acids is 1. The zero-order valence-corrected chi connectivity index (χ0v) is 17.0. The first-order chi connectivity index (χ1) is 15.2. The number of rotatable bonds is 3. The fraction of sp³-hybridized carbons (Fsp3) is 0.107. The van der Waals surface area contributed by atoms with Crippen LogP contribution in [0, 0.1) is 0 Å². The number of esters is 1. The van der Waals surface area contributed by atoms with Crippen LogP contribution >= 0.6 is 0 Å². The molecule has 2 unspecified atom stereocenters. The van der Waals surface area contributed by atoms with Crippen molar-refractivity contribution in [2.75, 3.05) is 7.11 Å². The van der Waals surface area contributed by atoms with Crippen molar-refractivity contribution in [3.63, 3.8) is 0 Å². The third-order valence-corrected chi connectivity index (χ3v) is 6.55. The molecule has 0 fully saturated rings. The molecule has 150 valence electrons. The van der Waals surface area contributed by atoms with E-state index in [1.165, 1.54) is 7.11 Å². The van der Waals surface area contributed by atoms with E-state index < -0.39 is 11.2 Å². The Labute approximate surface area is 180 Å². The summed E-state index contributed by atoms with van der Waals surface area (Å²) in [4.78, 5) is 12.4. The number of hydrogen-bond acceptors (Lipinski definition) is 3. The minimum absolute atomic E-state index is 0.351. The van der Waals surface area contributed by atoms with Gasteiger partial charge >= 0.3 is 5.97 Å². The summed E-state index contributed by atoms with van der Waals surface area (Å²) < 4.78 is 12.2. The summed E-state index contributed by atoms with van der Waals surface area (Å²) in [6.45, 7) is 0. The van der Waals surface area contributed by atoms with Gasteiger partial charge in [-0.25, -0.2) is 4.79 Å². The van der Waals surface area contributed by atoms with Crippen molar-refractivity contribution in [2.45, 2.75) is 11.2 Å². The average molecular weight is 404 g/mol. The molecule has 4 aromatic carbocycles. The smallest absolute Gasteiger partial charge is 0.337 e. The van der Waals surface area contributed by atoms with Crippen LogP contribution < -0.4 is 0 Å². The van der Waals surface area contributed by atoms with Crippen molar-refractivity contribution < 1.29 is 14.3 Å². The van der Waals surface area contributed by atoms with E-state index in [2.05, 4.69) is 48.5 Å². The second kappa shape index (κ2) is 6.40. The number of carbonyl (C=O) groups is 1. The van der Waals surface area contributed by atoms with E-state index in [4.69, 9.17) is 9.47 Å². The van der Waals surface area contributed by atoms with Gasteiger partial charge in [-0.3, -0.25) is 0 Å². The lowest BCUT2D eigenvalue weighted by Crippen LogP contribution is -2.27. The fourth-order valence-electron chi connectivity index (χ4n) is 5.31. The zero-order chi connectivity index (χ0) is 21.1. The maximum atomic E-state index is 12.4. The normalized spacial score (nSPS) is 22.6. The van der Waals surface area contributed by atoms with Gasteiger partial charge in [-0.05, 0) is 39.9 Å². The van der Waals surface area contributed by atoms with Crippen molar-refractivity contribution >= 4 is 5.97 Å². The summed E-state index contributed by atoms with van der Waals surface area (Å²) in [5, 5.41) is 0. The Balaban J connectivity index is 1.75. The Hall–Kier alpha value is -3.69. The third-order valence-electron chi connectivity index (χ3n) is 6.55. The number of methoxy groups -OCH3 is 1. The highest BCUT2D eigenvalue weighted by Crippen LogP contribution is 2.65. The van der Waals surface area contributed by atoms with Crippen molar-refractivity contribution in [1.82, 2.24) is 0 Å². The molecule has 0 aliphatic carbocycles. The Morgan fingerprint density at radius 2 is 1.13 bits per heavy atom. The summed E-state index contributed by atoms with van der Waals surface area (Å²) in [6, 6.07) is 34.8. The quantitative estimate of drug-likeness (QED) is 0.429. The summed E-state index contributed by atoms with van der Waals surface area (Å²) in [5.41, 5.74) is 5.41. The standard InChI is InChI=1S/C28H20O3/c1-30-26(29)19-16-17-24-25(18-19)28(21-12-6-3-7-13-21)23-15-9-8-14-22(23)27(24,31-28)20-10-4-2-5-11-20/h2-18H,1H3. The molecule has 2 bridgehead atoms. The minimum atomic E-state index is -0.799. The molecule has 2 aliphatic rings. The highest BCUT2D eigenvalue weighted by molar-refractivity contribution is 5.90. The SMILES string of the molecule is COC(=O)c1ccc2c(c1)C1(c3ccccc3)OC2(c2ccccc2)c2ccccc21. The molecule has 6 rings (SSSR count). The van der Waals surface area contributed by atoms with Gasteiger partial charge in [0.05, 0.1) is 12.7 Å². The van der Waals surface area contributed by atoms with Crippen LogP contribution in [0.25, 0.3) is 0 Å². The molecule has 31 heavy (non-hydrogen) atoms. The van der Waals surface area contributed by atoms with Gasteiger partial charge < -0.3 is 9.47 Å². The van der Waals surface area contributed by atoms with Crippen molar-refractivity contribution in [3.05, 3.63) is 142 Å². The first-order valence-corrected chi connectivity index (χ1v) is 10.4. The Morgan fingerprint density at radius 1 is 0.645 bits per heavy atom. The summed E-state index contributed by atoms with van der Waals surface area (Å²) in [6.07, 6.45) is 0. The number of fused-ring (bicyclic) bond motifs is 8. The molecule has 0 radical (unpaired) electrons. The maximum absolute atomic E-state index is 12.4. The first kappa shape index (κ1) is 18.1. The highest BCUT2D eigenvalue weighted by Gasteiger charge is 2.64. The maximum Gasteiger partial charge on any atom is 0.337 e. The molecule has 0 saturated carbocycles. The molecule has 3 heteroatoms. The fourth-order valence-corrected chi connectivity index (χ4v) is 5.31. The molecule has 0 spiro atoms. The van der Waals surface area contributed by atoms with E-state index in [9.17, 15) is 4.79 Å². The summed E-state index contributed by atoms with van der Waals surface area (Å²) >= 11 is 0. The van der Waals surface area contributed by atoms with Gasteiger partial charge in [0.2, 0.25) is 0 Å². The molecule has 3 nitrogen and oxygen atoms in total. The topological polar surface area (TPSA) is 35.5 Å². The van der Waals surface area contributed by atoms with Crippen LogP contribution in [0.4, 0.5) is 0 Å². The van der Waals surface area contributed by atoms with Crippen LogP contribution in [0.2, 0.25) is 0 Å². The van der Waals surface area contributed by atoms with Crippen LogP contribution in [0.3, 0.4) is 0 Å². The van der Waals surface area contributed by atoms with Gasteiger partial charge in [-0.2, -0.15) is 0 Å². The predicted molar refractivity (Wildman–Crippen MR) is 118 cm³/mol. The molecular formula is C28H20O3. The molecule has 4 aromatic rings. The average Bonchev–Trinajstić information content (AvgIpc) is 3.34. The summed E-state index contributed by atoms with van der Waals surface area (Å²) in [7, 11) is 1.41. The van der Waals surface area contributed by atoms with Crippen LogP contribution in [-0.2, 0) is 20.7 Å². The van der Waals surface area contributed by atoms with E-state index >= 15 is 0 Å². The monoisotopic (exact) mass is 404 g/mol. The first-order valence-electron chi connectivity index (χ1n) is 10.4. The Morgan fingerprint density at radius 3 is 1.68 bits per heavy atom. The molecule has 0 N–H and O–H groups in total. The summed E-state index contributed by atoms with van der Waals surface area (Å²) in [5.74, 6) is -0.351. The van der Waals surface area contributed by atoms with Gasteiger partial charge in [0.25, 0.3) is 0 Å². The van der Waals surface area contributed by atoms with Crippen LogP contribution in [-0.4, -0.2) is 13.1 Å². The van der Waals surface area contributed by atoms with Crippen LogP contribution in [0.5, 0.6) is 0 Å². The minimum Gasteiger partial charge on any atom is -0.465 e. The van der Waals surface area contributed by atoms with Gasteiger partial charge in [-0.15, -0.1) is 0 Å². The van der Waals surface area contributed by atoms with Crippen molar-refractivity contribution in [3.8, 4) is 0 Å². The predicted octanol–water partition coefficient (Wildman–Crippen LogP) is 5.40. The number of ether oxygens (including phenoxy) is 2. The van der Waals surface area contributed by atoms with Crippen LogP contribution in [0.1, 0.15) is 43.7 Å². The van der Waals surface area contributed by atoms with Crippen LogP contribution in [0.15, 0.2) is 103 Å². The zero-order valence-electron chi connectivity index (χ0n) is 17.0. The second-order valence-corrected chi connectivity index (χ2v) is 7.99. The van der Waals surface area contributed by atoms with E-state index in [-0.39, 0.29) is 5.97 Å². The number of benzene rings is 4. The van der Waals surface area contributed by atoms with E-state index in [0.717, 1.165) is 33.4 Å². The lowest BCUT2D eigenvalue weighted by atomic mass is 9.68. The third kappa shape index (κ3) is 2.19. The molecule has 0 aromatic heterocycles. The van der Waals surface area contributed by atoms with E-state index in [1.54, 1.807) is 0 Å². The molecule has 2 heterocycles. The highest BCUT2D eigenvalue weighted by atomic mass is 16.5. The molecule has 2 aliphatic heterocycles. The second-order valence-electron chi connectivity index (χ2n) is 7.99. The van der Waals surface area contributed by atoms with Gasteiger partial charge in [-0.1, -0.05) is 91.0 Å². The van der Waals surface area contributed by atoms with Gasteiger partial charge in [0.1, 0.15) is 11.2 Å². The van der Waals surface area contributed by atoms with Crippen molar-refractivity contribution in [1.29, 1.82) is 0 Å². The van der Waals surface area contributed by atoms with Gasteiger partial charge in [0.15, 0.2) is 0 Å². The van der Waals surface area contributed by atoms with Gasteiger partial charge in [0, 0.05) is 5.56 Å². The molecule has 0 amide bonds. The lowest BCUT2D eigenvalue weighted by molar-refractivity contribution is -0.0257. The Kier molecular flexibility index (Phi) is 3.74. The van der Waals surface area contributed by atoms with E-state index in [0.29, 0.717) is 5.56 Å². The molecular weight excluding hydrogens is 384 g/mol. The lowest BCUT2D eigenvalue weighted by Gasteiger charge is -2.30. The van der Waals surface area contributed by atoms with E-state index in [1.807, 2.05) is 54.6 Å². The Bertz CT molecular complexity index is 1310. The largest absolute Gasteiger partial charge is 0.465 e. The molecule has 0 saturated heterocycles. The molecule has 2 atom stereocenters. The number of hydrogen-bond donors (Lipinski definition) is 0. The van der Waals surface area contributed by atoms with Crippen molar-refractivity contribution in [2.24, 2.45) is 0 Å².